The van der Waals surface area contributed by atoms with E-state index in [1.807, 2.05) is 30.0 Å². The largest absolute Gasteiger partial charge is 0.456 e. The van der Waals surface area contributed by atoms with E-state index in [9.17, 15) is 4.79 Å². The fraction of sp³-hybridized carbons (Fsp3) is 0.375. The third-order valence-electron chi connectivity index (χ3n) is 3.50. The Bertz CT molecular complexity index is 600. The van der Waals surface area contributed by atoms with Gasteiger partial charge in [0.1, 0.15) is 12.2 Å². The Morgan fingerprint density at radius 3 is 3.10 bits per heavy atom. The number of hydrogen-bond acceptors (Lipinski definition) is 4. The minimum atomic E-state index is -0.375. The van der Waals surface area contributed by atoms with Gasteiger partial charge in [-0.2, -0.15) is 0 Å². The van der Waals surface area contributed by atoms with Gasteiger partial charge in [0, 0.05) is 25.7 Å². The second-order valence-electron chi connectivity index (χ2n) is 5.24. The van der Waals surface area contributed by atoms with Crippen LogP contribution in [-0.4, -0.2) is 33.8 Å². The molecule has 2 bridgehead atoms. The Morgan fingerprint density at radius 1 is 1.43 bits per heavy atom. The van der Waals surface area contributed by atoms with E-state index in [1.54, 1.807) is 12.4 Å². The molecule has 5 nitrogen and oxygen atoms in total. The maximum absolute atomic E-state index is 11.9. The summed E-state index contributed by atoms with van der Waals surface area (Å²) < 4.78 is 13.1. The molecule has 0 fully saturated rings. The number of imidazole rings is 1. The molecule has 0 spiro atoms. The van der Waals surface area contributed by atoms with E-state index < -0.39 is 0 Å². The van der Waals surface area contributed by atoms with Gasteiger partial charge in [0.15, 0.2) is 0 Å². The number of hydrogen-bond donors (Lipinski definition) is 0. The summed E-state index contributed by atoms with van der Waals surface area (Å²) in [6, 6.07) is 0. The van der Waals surface area contributed by atoms with E-state index in [1.165, 1.54) is 6.08 Å². The summed E-state index contributed by atoms with van der Waals surface area (Å²) in [5.74, 6) is -0.375. The van der Waals surface area contributed by atoms with Crippen molar-refractivity contribution in [1.82, 2.24) is 9.55 Å². The first-order valence-electron chi connectivity index (χ1n) is 7.06. The number of aryl methyl sites for hydroxylation is 1. The zero-order valence-corrected chi connectivity index (χ0v) is 11.9. The molecule has 0 amide bonds. The number of carbonyl (C=O) groups excluding carboxylic acids is 1. The van der Waals surface area contributed by atoms with E-state index >= 15 is 0 Å². The van der Waals surface area contributed by atoms with Gasteiger partial charge in [0.05, 0.1) is 18.1 Å². The number of rotatable bonds is 3. The molecule has 0 aliphatic carbocycles. The van der Waals surface area contributed by atoms with Crippen molar-refractivity contribution in [3.8, 4) is 0 Å². The second-order valence-corrected chi connectivity index (χ2v) is 5.24. The summed E-state index contributed by atoms with van der Waals surface area (Å²) in [7, 11) is 1.88. The van der Waals surface area contributed by atoms with Crippen molar-refractivity contribution in [3.05, 3.63) is 48.6 Å². The third-order valence-corrected chi connectivity index (χ3v) is 3.50. The molecule has 1 aromatic rings. The Labute approximate surface area is 123 Å². The highest BCUT2D eigenvalue weighted by atomic mass is 16.6. The average molecular weight is 286 g/mol. The molecule has 0 unspecified atom stereocenters. The Morgan fingerprint density at radius 2 is 2.29 bits per heavy atom. The van der Waals surface area contributed by atoms with E-state index in [2.05, 4.69) is 17.1 Å². The smallest absolute Gasteiger partial charge is 0.331 e. The van der Waals surface area contributed by atoms with Crippen molar-refractivity contribution in [2.45, 2.75) is 31.2 Å². The highest BCUT2D eigenvalue weighted by Gasteiger charge is 2.29. The topological polar surface area (TPSA) is 53.4 Å². The fourth-order valence-electron chi connectivity index (χ4n) is 2.44. The quantitative estimate of drug-likeness (QED) is 0.484. The van der Waals surface area contributed by atoms with Crippen molar-refractivity contribution in [3.63, 3.8) is 0 Å². The summed E-state index contributed by atoms with van der Waals surface area (Å²) in [4.78, 5) is 16.0. The molecule has 1 aromatic heterocycles. The van der Waals surface area contributed by atoms with Crippen LogP contribution in [0.25, 0.3) is 6.08 Å². The summed E-state index contributed by atoms with van der Waals surface area (Å²) >= 11 is 0. The van der Waals surface area contributed by atoms with Crippen LogP contribution < -0.4 is 0 Å². The molecule has 21 heavy (non-hydrogen) atoms. The Hall–Kier alpha value is -2.14. The molecule has 3 heterocycles. The van der Waals surface area contributed by atoms with Crippen LogP contribution in [0, 0.1) is 0 Å². The molecule has 0 radical (unpaired) electrons. The minimum Gasteiger partial charge on any atom is -0.456 e. The molecule has 5 heteroatoms. The van der Waals surface area contributed by atoms with Gasteiger partial charge in [-0.05, 0) is 12.5 Å². The zero-order chi connectivity index (χ0) is 14.7. The van der Waals surface area contributed by atoms with Gasteiger partial charge in [-0.15, -0.1) is 0 Å². The van der Waals surface area contributed by atoms with Crippen LogP contribution in [0.4, 0.5) is 0 Å². The predicted octanol–water partition coefficient (Wildman–Crippen LogP) is 2.02. The molecule has 0 N–H and O–H groups in total. The highest BCUT2D eigenvalue weighted by molar-refractivity contribution is 5.86. The third kappa shape index (κ3) is 3.49. The van der Waals surface area contributed by atoms with Crippen molar-refractivity contribution in [2.24, 2.45) is 7.05 Å². The number of aromatic nitrogens is 2. The van der Waals surface area contributed by atoms with Crippen molar-refractivity contribution in [2.75, 3.05) is 0 Å². The van der Waals surface area contributed by atoms with Crippen LogP contribution in [0.2, 0.25) is 0 Å². The fourth-order valence-corrected chi connectivity index (χ4v) is 2.44. The molecule has 3 atom stereocenters. The van der Waals surface area contributed by atoms with E-state index in [4.69, 9.17) is 9.47 Å². The molecule has 2 aliphatic rings. The van der Waals surface area contributed by atoms with Crippen LogP contribution in [0.15, 0.2) is 42.9 Å². The summed E-state index contributed by atoms with van der Waals surface area (Å²) in [6.45, 7) is 0. The van der Waals surface area contributed by atoms with Crippen molar-refractivity contribution < 1.29 is 14.3 Å². The molecular formula is C16H18N2O3. The Kier molecular flexibility index (Phi) is 4.01. The lowest BCUT2D eigenvalue weighted by atomic mass is 10.1. The highest BCUT2D eigenvalue weighted by Crippen LogP contribution is 2.24. The van der Waals surface area contributed by atoms with Crippen LogP contribution in [-0.2, 0) is 21.3 Å². The van der Waals surface area contributed by atoms with Gasteiger partial charge in [-0.1, -0.05) is 24.3 Å². The number of carbonyl (C=O) groups is 1. The predicted molar refractivity (Wildman–Crippen MR) is 78.3 cm³/mol. The SMILES string of the molecule is Cn1cnc(/C=C\C(=O)O[C@H]2C/C=C\C[C@@H]3C=C[C@H]2O3)c1. The lowest BCUT2D eigenvalue weighted by molar-refractivity contribution is -0.149. The molecule has 0 saturated heterocycles. The van der Waals surface area contributed by atoms with Gasteiger partial charge >= 0.3 is 5.97 Å². The normalized spacial score (nSPS) is 29.3. The maximum Gasteiger partial charge on any atom is 0.331 e. The molecular weight excluding hydrogens is 268 g/mol. The average Bonchev–Trinajstić information content (AvgIpc) is 3.08. The van der Waals surface area contributed by atoms with E-state index in [-0.39, 0.29) is 24.3 Å². The first kappa shape index (κ1) is 13.8. The van der Waals surface area contributed by atoms with Crippen LogP contribution >= 0.6 is 0 Å². The van der Waals surface area contributed by atoms with E-state index in [0.717, 1.165) is 12.1 Å². The van der Waals surface area contributed by atoms with Gasteiger partial charge in [0.2, 0.25) is 0 Å². The lowest BCUT2D eigenvalue weighted by Gasteiger charge is -2.24. The van der Waals surface area contributed by atoms with Crippen molar-refractivity contribution in [1.29, 1.82) is 0 Å². The molecule has 2 aliphatic heterocycles. The number of esters is 1. The standard InChI is InChI=1S/C16H18N2O3/c1-18-10-12(17-11-18)6-9-16(19)21-14-5-3-2-4-13-7-8-15(14)20-13/h2-3,6-11,13-15H,4-5H2,1H3/b3-2-,9-6-/t13-,14+,15-/m1/s1. The van der Waals surface area contributed by atoms with E-state index in [0.29, 0.717) is 6.42 Å². The van der Waals surface area contributed by atoms with Crippen LogP contribution in [0.5, 0.6) is 0 Å². The second kappa shape index (κ2) is 6.10. The minimum absolute atomic E-state index is 0.108. The molecule has 0 aromatic carbocycles. The van der Waals surface area contributed by atoms with Gasteiger partial charge in [0.25, 0.3) is 0 Å². The molecule has 110 valence electrons. The van der Waals surface area contributed by atoms with Gasteiger partial charge < -0.3 is 14.0 Å². The van der Waals surface area contributed by atoms with Crippen molar-refractivity contribution >= 4 is 12.0 Å². The maximum atomic E-state index is 11.9. The Balaban J connectivity index is 1.61. The summed E-state index contributed by atoms with van der Waals surface area (Å²) in [5.41, 5.74) is 0.726. The van der Waals surface area contributed by atoms with Gasteiger partial charge in [-0.25, -0.2) is 9.78 Å². The molecule has 0 saturated carbocycles. The zero-order valence-electron chi connectivity index (χ0n) is 11.9. The van der Waals surface area contributed by atoms with Crippen LogP contribution in [0.3, 0.4) is 0 Å². The number of nitrogens with zero attached hydrogens (tertiary/aromatic N) is 2. The summed E-state index contributed by atoms with van der Waals surface area (Å²) in [5, 5.41) is 0. The molecule has 3 rings (SSSR count). The summed E-state index contributed by atoms with van der Waals surface area (Å²) in [6.07, 6.45) is 15.9. The van der Waals surface area contributed by atoms with Gasteiger partial charge in [-0.3, -0.25) is 0 Å². The number of fused-ring (bicyclic) bond motifs is 2. The number of ether oxygens (including phenoxy) is 2. The first-order chi connectivity index (χ1) is 10.2. The first-order valence-corrected chi connectivity index (χ1v) is 7.06. The monoisotopic (exact) mass is 286 g/mol. The van der Waals surface area contributed by atoms with Crippen LogP contribution in [0.1, 0.15) is 18.5 Å². The lowest BCUT2D eigenvalue weighted by Crippen LogP contribution is -2.31.